The van der Waals surface area contributed by atoms with Crippen LogP contribution in [0.25, 0.3) is 54.2 Å². The molecule has 0 aromatic heterocycles. The summed E-state index contributed by atoms with van der Waals surface area (Å²) in [6.07, 6.45) is 0. The monoisotopic (exact) mass is 532 g/mol. The van der Waals surface area contributed by atoms with Crippen LogP contribution < -0.4 is 0 Å². The summed E-state index contributed by atoms with van der Waals surface area (Å²) in [5, 5.41) is 10.4. The highest BCUT2D eigenvalue weighted by Crippen LogP contribution is 2.54. The first-order valence-corrected chi connectivity index (χ1v) is 14.8. The summed E-state index contributed by atoms with van der Waals surface area (Å²) in [4.78, 5) is 0. The van der Waals surface area contributed by atoms with E-state index in [1.165, 1.54) is 76.5 Å². The van der Waals surface area contributed by atoms with Crippen LogP contribution in [0.3, 0.4) is 0 Å². The summed E-state index contributed by atoms with van der Waals surface area (Å²) >= 11 is 0. The second-order valence-corrected chi connectivity index (χ2v) is 11.7. The predicted molar refractivity (Wildman–Crippen MR) is 178 cm³/mol. The van der Waals surface area contributed by atoms with Gasteiger partial charge < -0.3 is 0 Å². The van der Waals surface area contributed by atoms with Gasteiger partial charge >= 0.3 is 0 Å². The standard InChI is InChI=1S/C42H28/c1-3-13-29-25-39-31(23-27(29)11-1)15-9-21-37(39)42(41-35-19-7-5-17-33(35)34-18-6-8-20-36(34)41)38-22-10-16-32-24-28-12-2-4-14-30(28)26-40(32)38/h1-26,41-42H. The smallest absolute Gasteiger partial charge is 0.0211 e. The van der Waals surface area contributed by atoms with E-state index in [2.05, 4.69) is 158 Å². The van der Waals surface area contributed by atoms with Crippen molar-refractivity contribution >= 4 is 43.1 Å². The normalized spacial score (nSPS) is 12.9. The van der Waals surface area contributed by atoms with Gasteiger partial charge in [-0.2, -0.15) is 0 Å². The molecule has 8 aromatic rings. The molecule has 8 aromatic carbocycles. The molecule has 0 aliphatic heterocycles. The van der Waals surface area contributed by atoms with Crippen molar-refractivity contribution in [1.29, 1.82) is 0 Å². The molecular weight excluding hydrogens is 504 g/mol. The topological polar surface area (TPSA) is 0 Å². The number of rotatable bonds is 3. The average Bonchev–Trinajstić information content (AvgIpc) is 3.37. The van der Waals surface area contributed by atoms with Crippen LogP contribution >= 0.6 is 0 Å². The van der Waals surface area contributed by atoms with Gasteiger partial charge in [0.2, 0.25) is 0 Å². The highest BCUT2D eigenvalue weighted by atomic mass is 14.4. The van der Waals surface area contributed by atoms with Gasteiger partial charge in [0.15, 0.2) is 0 Å². The Balaban J connectivity index is 1.41. The van der Waals surface area contributed by atoms with Gasteiger partial charge in [-0.1, -0.05) is 133 Å². The van der Waals surface area contributed by atoms with Crippen molar-refractivity contribution in [3.63, 3.8) is 0 Å². The van der Waals surface area contributed by atoms with Crippen LogP contribution in [-0.4, -0.2) is 0 Å². The van der Waals surface area contributed by atoms with Crippen LogP contribution in [0.4, 0.5) is 0 Å². The molecule has 0 N–H and O–H groups in total. The van der Waals surface area contributed by atoms with Gasteiger partial charge in [0.1, 0.15) is 0 Å². The fraction of sp³-hybridized carbons (Fsp3) is 0.0476. The molecule has 0 amide bonds. The minimum Gasteiger partial charge on any atom is -0.0619 e. The van der Waals surface area contributed by atoms with Crippen molar-refractivity contribution in [2.45, 2.75) is 11.8 Å². The maximum Gasteiger partial charge on any atom is 0.0211 e. The molecule has 0 saturated heterocycles. The molecule has 0 nitrogen and oxygen atoms in total. The van der Waals surface area contributed by atoms with E-state index in [-0.39, 0.29) is 11.8 Å². The van der Waals surface area contributed by atoms with E-state index < -0.39 is 0 Å². The number of benzene rings is 8. The van der Waals surface area contributed by atoms with E-state index in [1.54, 1.807) is 0 Å². The number of hydrogen-bond donors (Lipinski definition) is 0. The van der Waals surface area contributed by atoms with Crippen LogP contribution in [0, 0.1) is 0 Å². The average molecular weight is 533 g/mol. The van der Waals surface area contributed by atoms with E-state index in [4.69, 9.17) is 0 Å². The lowest BCUT2D eigenvalue weighted by Crippen LogP contribution is -2.13. The first-order valence-electron chi connectivity index (χ1n) is 14.8. The third-order valence-electron chi connectivity index (χ3n) is 9.45. The maximum atomic E-state index is 2.42. The fourth-order valence-electron chi connectivity index (χ4n) is 7.60. The van der Waals surface area contributed by atoms with Crippen LogP contribution in [0.1, 0.15) is 34.1 Å². The zero-order valence-electron chi connectivity index (χ0n) is 23.2. The van der Waals surface area contributed by atoms with Gasteiger partial charge in [-0.05, 0) is 101 Å². The molecule has 0 heterocycles. The molecule has 0 atom stereocenters. The Morgan fingerprint density at radius 2 is 0.714 bits per heavy atom. The Morgan fingerprint density at radius 3 is 1.19 bits per heavy atom. The largest absolute Gasteiger partial charge is 0.0619 e. The summed E-state index contributed by atoms with van der Waals surface area (Å²) in [5.74, 6) is 0.330. The predicted octanol–water partition coefficient (Wildman–Crippen LogP) is 11.2. The molecule has 196 valence electrons. The molecule has 0 spiro atoms. The summed E-state index contributed by atoms with van der Waals surface area (Å²) in [6, 6.07) is 59.0. The van der Waals surface area contributed by atoms with Crippen molar-refractivity contribution in [3.8, 4) is 11.1 Å². The lowest BCUT2D eigenvalue weighted by atomic mass is 9.73. The van der Waals surface area contributed by atoms with Crippen molar-refractivity contribution in [1.82, 2.24) is 0 Å². The van der Waals surface area contributed by atoms with E-state index in [1.807, 2.05) is 0 Å². The molecule has 0 unspecified atom stereocenters. The first-order chi connectivity index (χ1) is 20.8. The number of fused-ring (bicyclic) bond motifs is 7. The summed E-state index contributed by atoms with van der Waals surface area (Å²) in [5.41, 5.74) is 8.32. The van der Waals surface area contributed by atoms with Crippen molar-refractivity contribution in [2.24, 2.45) is 0 Å². The molecule has 1 aliphatic rings. The van der Waals surface area contributed by atoms with Gasteiger partial charge in [0, 0.05) is 11.8 Å². The van der Waals surface area contributed by atoms with Crippen LogP contribution in [0.5, 0.6) is 0 Å². The highest BCUT2D eigenvalue weighted by molar-refractivity contribution is 6.02. The molecular formula is C42H28. The van der Waals surface area contributed by atoms with Crippen molar-refractivity contribution < 1.29 is 0 Å². The summed E-state index contributed by atoms with van der Waals surface area (Å²) in [7, 11) is 0. The third-order valence-corrected chi connectivity index (χ3v) is 9.45. The minimum absolute atomic E-state index is 0.129. The second kappa shape index (κ2) is 9.16. The Hall–Kier alpha value is -5.20. The number of hydrogen-bond acceptors (Lipinski definition) is 0. The molecule has 1 aliphatic carbocycles. The highest BCUT2D eigenvalue weighted by Gasteiger charge is 2.37. The van der Waals surface area contributed by atoms with E-state index in [0.717, 1.165) is 0 Å². The van der Waals surface area contributed by atoms with E-state index >= 15 is 0 Å². The molecule has 9 rings (SSSR count). The van der Waals surface area contributed by atoms with Gasteiger partial charge in [-0.15, -0.1) is 0 Å². The molecule has 0 saturated carbocycles. The molecule has 0 bridgehead atoms. The minimum atomic E-state index is 0.129. The van der Waals surface area contributed by atoms with Crippen molar-refractivity contribution in [2.75, 3.05) is 0 Å². The van der Waals surface area contributed by atoms with Gasteiger partial charge in [0.05, 0.1) is 0 Å². The first kappa shape index (κ1) is 23.5. The molecule has 42 heavy (non-hydrogen) atoms. The zero-order chi connectivity index (χ0) is 27.6. The zero-order valence-corrected chi connectivity index (χ0v) is 23.2. The fourth-order valence-corrected chi connectivity index (χ4v) is 7.60. The Morgan fingerprint density at radius 1 is 0.333 bits per heavy atom. The van der Waals surface area contributed by atoms with Crippen LogP contribution in [0.15, 0.2) is 158 Å². The van der Waals surface area contributed by atoms with Gasteiger partial charge in [-0.3, -0.25) is 0 Å². The summed E-state index contributed by atoms with van der Waals surface area (Å²) in [6.45, 7) is 0. The Bertz CT molecular complexity index is 2160. The van der Waals surface area contributed by atoms with Crippen LogP contribution in [0.2, 0.25) is 0 Å². The van der Waals surface area contributed by atoms with Crippen molar-refractivity contribution in [3.05, 3.63) is 180 Å². The molecule has 0 fully saturated rings. The maximum absolute atomic E-state index is 2.42. The Labute approximate surface area is 245 Å². The van der Waals surface area contributed by atoms with Gasteiger partial charge in [-0.25, -0.2) is 0 Å². The molecule has 0 heteroatoms. The van der Waals surface area contributed by atoms with Crippen LogP contribution in [-0.2, 0) is 0 Å². The lowest BCUT2D eigenvalue weighted by molar-refractivity contribution is 0.718. The molecule has 0 radical (unpaired) electrons. The lowest BCUT2D eigenvalue weighted by Gasteiger charge is -2.29. The van der Waals surface area contributed by atoms with Gasteiger partial charge in [0.25, 0.3) is 0 Å². The third kappa shape index (κ3) is 3.49. The second-order valence-electron chi connectivity index (χ2n) is 11.7. The van der Waals surface area contributed by atoms with E-state index in [9.17, 15) is 0 Å². The quantitative estimate of drug-likeness (QED) is 0.199. The Kier molecular flexibility index (Phi) is 5.12. The SMILES string of the molecule is c1ccc2c(c1)-c1ccccc1C2C(c1cccc2cc3ccccc3cc12)c1cccc2cc3ccccc3cc12. The summed E-state index contributed by atoms with van der Waals surface area (Å²) < 4.78 is 0. The van der Waals surface area contributed by atoms with E-state index in [0.29, 0.717) is 0 Å².